The number of halogens is 1. The zero-order valence-corrected chi connectivity index (χ0v) is 11.8. The number of benzene rings is 1. The smallest absolute Gasteiger partial charge is 0.258 e. The molecule has 0 radical (unpaired) electrons. The Balaban J connectivity index is 1.62. The molecule has 1 aromatic carbocycles. The Morgan fingerprint density at radius 1 is 1.00 bits per heavy atom. The second kappa shape index (κ2) is 5.45. The highest BCUT2D eigenvalue weighted by molar-refractivity contribution is 5.59. The molecule has 0 aliphatic heterocycles. The van der Waals surface area contributed by atoms with E-state index >= 15 is 0 Å². The maximum Gasteiger partial charge on any atom is 0.258 e. The molecule has 0 bridgehead atoms. The van der Waals surface area contributed by atoms with Crippen LogP contribution in [0.25, 0.3) is 28.7 Å². The van der Waals surface area contributed by atoms with Gasteiger partial charge in [-0.05, 0) is 36.4 Å². The van der Waals surface area contributed by atoms with E-state index in [1.165, 1.54) is 12.1 Å². The van der Waals surface area contributed by atoms with Crippen LogP contribution in [0, 0.1) is 5.82 Å². The molecule has 4 aromatic rings. The maximum atomic E-state index is 12.9. The Morgan fingerprint density at radius 3 is 2.52 bits per heavy atom. The summed E-state index contributed by atoms with van der Waals surface area (Å²) in [6, 6.07) is 9.56. The lowest BCUT2D eigenvalue weighted by atomic mass is 10.2. The maximum absolute atomic E-state index is 12.9. The van der Waals surface area contributed by atoms with Crippen molar-refractivity contribution in [3.63, 3.8) is 0 Å². The standard InChI is InChI=1S/C16H10FN5O/c17-13-4-1-11(2-5-13)16-20-15(21-23-16)12-3-6-14(19-9-12)22-8-7-18-10-22/h1-10H. The lowest BCUT2D eigenvalue weighted by Gasteiger charge is -2.00. The summed E-state index contributed by atoms with van der Waals surface area (Å²) in [5.41, 5.74) is 1.39. The zero-order chi connectivity index (χ0) is 15.6. The summed E-state index contributed by atoms with van der Waals surface area (Å²) >= 11 is 0. The van der Waals surface area contributed by atoms with Gasteiger partial charge in [0.1, 0.15) is 18.0 Å². The van der Waals surface area contributed by atoms with Crippen LogP contribution in [0.5, 0.6) is 0 Å². The molecule has 0 spiro atoms. The minimum absolute atomic E-state index is 0.312. The molecular weight excluding hydrogens is 297 g/mol. The Labute approximate surface area is 130 Å². The van der Waals surface area contributed by atoms with Crippen LogP contribution in [0.4, 0.5) is 4.39 Å². The van der Waals surface area contributed by atoms with Gasteiger partial charge in [0, 0.05) is 29.7 Å². The number of hydrogen-bond acceptors (Lipinski definition) is 5. The first kappa shape index (κ1) is 13.3. The highest BCUT2D eigenvalue weighted by atomic mass is 19.1. The Kier molecular flexibility index (Phi) is 3.16. The number of imidazole rings is 1. The van der Waals surface area contributed by atoms with Crippen LogP contribution in [0.15, 0.2) is 65.8 Å². The second-order valence-electron chi connectivity index (χ2n) is 4.81. The summed E-state index contributed by atoms with van der Waals surface area (Å²) in [6.45, 7) is 0. The fraction of sp³-hybridized carbons (Fsp3) is 0. The van der Waals surface area contributed by atoms with Crippen molar-refractivity contribution < 1.29 is 8.91 Å². The molecule has 3 aromatic heterocycles. The third-order valence-corrected chi connectivity index (χ3v) is 3.29. The van der Waals surface area contributed by atoms with Crippen molar-refractivity contribution in [2.24, 2.45) is 0 Å². The van der Waals surface area contributed by atoms with Gasteiger partial charge in [0.15, 0.2) is 0 Å². The van der Waals surface area contributed by atoms with E-state index in [0.717, 1.165) is 11.4 Å². The lowest BCUT2D eigenvalue weighted by Crippen LogP contribution is -1.94. The first-order valence-corrected chi connectivity index (χ1v) is 6.84. The summed E-state index contributed by atoms with van der Waals surface area (Å²) in [6.07, 6.45) is 6.82. The first-order valence-electron chi connectivity index (χ1n) is 6.84. The number of nitrogens with zero attached hydrogens (tertiary/aromatic N) is 5. The van der Waals surface area contributed by atoms with Crippen molar-refractivity contribution in [3.05, 3.63) is 67.1 Å². The summed E-state index contributed by atoms with van der Waals surface area (Å²) in [5, 5.41) is 3.94. The van der Waals surface area contributed by atoms with Crippen LogP contribution in [-0.4, -0.2) is 24.7 Å². The van der Waals surface area contributed by atoms with Crippen LogP contribution >= 0.6 is 0 Å². The molecule has 0 saturated heterocycles. The fourth-order valence-corrected chi connectivity index (χ4v) is 2.12. The molecule has 6 nitrogen and oxygen atoms in total. The van der Waals surface area contributed by atoms with E-state index in [9.17, 15) is 4.39 Å². The number of hydrogen-bond donors (Lipinski definition) is 0. The molecule has 4 rings (SSSR count). The van der Waals surface area contributed by atoms with E-state index in [-0.39, 0.29) is 5.82 Å². The second-order valence-corrected chi connectivity index (χ2v) is 4.81. The number of aromatic nitrogens is 5. The molecule has 0 fully saturated rings. The molecule has 0 amide bonds. The third kappa shape index (κ3) is 2.59. The van der Waals surface area contributed by atoms with Gasteiger partial charge in [0.05, 0.1) is 0 Å². The van der Waals surface area contributed by atoms with Gasteiger partial charge in [-0.1, -0.05) is 5.16 Å². The van der Waals surface area contributed by atoms with E-state index in [0.29, 0.717) is 17.3 Å². The Morgan fingerprint density at radius 2 is 1.83 bits per heavy atom. The van der Waals surface area contributed by atoms with E-state index in [1.807, 2.05) is 18.3 Å². The molecule has 112 valence electrons. The summed E-state index contributed by atoms with van der Waals surface area (Å²) in [5.74, 6) is 1.19. The summed E-state index contributed by atoms with van der Waals surface area (Å²) in [7, 11) is 0. The van der Waals surface area contributed by atoms with Crippen molar-refractivity contribution in [2.75, 3.05) is 0 Å². The topological polar surface area (TPSA) is 69.6 Å². The Hall–Kier alpha value is -3.35. The van der Waals surface area contributed by atoms with E-state index in [4.69, 9.17) is 4.52 Å². The quantitative estimate of drug-likeness (QED) is 0.581. The lowest BCUT2D eigenvalue weighted by molar-refractivity contribution is 0.432. The van der Waals surface area contributed by atoms with Crippen molar-refractivity contribution in [3.8, 4) is 28.7 Å². The first-order chi connectivity index (χ1) is 11.3. The fourth-order valence-electron chi connectivity index (χ4n) is 2.12. The average molecular weight is 307 g/mol. The highest BCUT2D eigenvalue weighted by Gasteiger charge is 2.11. The van der Waals surface area contributed by atoms with Gasteiger partial charge in [0.25, 0.3) is 5.89 Å². The Bertz CT molecular complexity index is 914. The largest absolute Gasteiger partial charge is 0.334 e. The molecule has 3 heterocycles. The SMILES string of the molecule is Fc1ccc(-c2nc(-c3ccc(-n4ccnc4)nc3)no2)cc1. The molecular formula is C16H10FN5O. The van der Waals surface area contributed by atoms with Crippen LogP contribution in [-0.2, 0) is 0 Å². The average Bonchev–Trinajstić information content (AvgIpc) is 3.28. The predicted octanol–water partition coefficient (Wildman–Crippen LogP) is 3.12. The number of pyridine rings is 1. The monoisotopic (exact) mass is 307 g/mol. The van der Waals surface area contributed by atoms with E-state index in [2.05, 4.69) is 20.1 Å². The molecule has 0 unspecified atom stereocenters. The van der Waals surface area contributed by atoms with Gasteiger partial charge >= 0.3 is 0 Å². The molecule has 7 heteroatoms. The van der Waals surface area contributed by atoms with E-state index in [1.54, 1.807) is 35.4 Å². The predicted molar refractivity (Wildman–Crippen MR) is 80.0 cm³/mol. The molecule has 0 atom stereocenters. The van der Waals surface area contributed by atoms with Crippen molar-refractivity contribution in [1.29, 1.82) is 0 Å². The van der Waals surface area contributed by atoms with E-state index < -0.39 is 0 Å². The molecule has 23 heavy (non-hydrogen) atoms. The van der Waals surface area contributed by atoms with Gasteiger partial charge < -0.3 is 4.52 Å². The van der Waals surface area contributed by atoms with Gasteiger partial charge in [-0.3, -0.25) is 4.57 Å². The summed E-state index contributed by atoms with van der Waals surface area (Å²) in [4.78, 5) is 12.6. The van der Waals surface area contributed by atoms with Gasteiger partial charge in [-0.15, -0.1) is 0 Å². The normalized spacial score (nSPS) is 10.8. The van der Waals surface area contributed by atoms with Crippen molar-refractivity contribution in [2.45, 2.75) is 0 Å². The van der Waals surface area contributed by atoms with Crippen LogP contribution in [0.1, 0.15) is 0 Å². The molecule has 0 aliphatic carbocycles. The molecule has 0 N–H and O–H groups in total. The molecule has 0 aliphatic rings. The van der Waals surface area contributed by atoms with Crippen LogP contribution in [0.3, 0.4) is 0 Å². The highest BCUT2D eigenvalue weighted by Crippen LogP contribution is 2.22. The third-order valence-electron chi connectivity index (χ3n) is 3.29. The van der Waals surface area contributed by atoms with Crippen LogP contribution in [0.2, 0.25) is 0 Å². The zero-order valence-electron chi connectivity index (χ0n) is 11.8. The van der Waals surface area contributed by atoms with Crippen LogP contribution < -0.4 is 0 Å². The minimum atomic E-state index is -0.312. The van der Waals surface area contributed by atoms with Gasteiger partial charge in [-0.25, -0.2) is 14.4 Å². The van der Waals surface area contributed by atoms with Crippen molar-refractivity contribution >= 4 is 0 Å². The molecule has 0 saturated carbocycles. The van der Waals surface area contributed by atoms with Gasteiger partial charge in [-0.2, -0.15) is 4.98 Å². The van der Waals surface area contributed by atoms with Crippen molar-refractivity contribution in [1.82, 2.24) is 24.7 Å². The summed E-state index contributed by atoms with van der Waals surface area (Å²) < 4.78 is 20.0. The number of rotatable bonds is 3. The minimum Gasteiger partial charge on any atom is -0.334 e. The van der Waals surface area contributed by atoms with Gasteiger partial charge in [0.2, 0.25) is 5.82 Å².